The number of nitrogens with one attached hydrogen (secondary N) is 1. The lowest BCUT2D eigenvalue weighted by molar-refractivity contribution is -0.126. The molecule has 2 aliphatic heterocycles. The molecule has 0 bridgehead atoms. The number of carbonyl (C=O) groups excluding carboxylic acids is 1. The highest BCUT2D eigenvalue weighted by molar-refractivity contribution is 7.89. The van der Waals surface area contributed by atoms with Crippen molar-refractivity contribution in [2.75, 3.05) is 32.8 Å². The van der Waals surface area contributed by atoms with Crippen molar-refractivity contribution in [1.82, 2.24) is 13.9 Å². The Hall–Kier alpha value is -2.47. The molecule has 0 saturated carbocycles. The molecule has 2 fully saturated rings. The molecule has 2 heterocycles. The quantitative estimate of drug-likeness (QED) is 0.528. The minimum Gasteiger partial charge on any atom is -0.494 e. The van der Waals surface area contributed by atoms with E-state index in [0.717, 1.165) is 18.4 Å². The molecule has 0 aliphatic carbocycles. The Labute approximate surface area is 213 Å². The van der Waals surface area contributed by atoms with Crippen molar-refractivity contribution in [2.45, 2.75) is 48.9 Å². The Balaban J connectivity index is 1.34. The van der Waals surface area contributed by atoms with E-state index < -0.39 is 26.0 Å². The molecule has 0 radical (unpaired) electrons. The molecule has 9 nitrogen and oxygen atoms in total. The van der Waals surface area contributed by atoms with Crippen LogP contribution in [0.25, 0.3) is 0 Å². The van der Waals surface area contributed by atoms with Gasteiger partial charge in [-0.15, -0.1) is 0 Å². The third-order valence-corrected chi connectivity index (χ3v) is 10.4. The van der Waals surface area contributed by atoms with Crippen LogP contribution in [-0.4, -0.2) is 64.1 Å². The van der Waals surface area contributed by atoms with Crippen molar-refractivity contribution in [2.24, 2.45) is 5.92 Å². The highest BCUT2D eigenvalue weighted by atomic mass is 32.2. The summed E-state index contributed by atoms with van der Waals surface area (Å²) < 4.78 is 59.8. The van der Waals surface area contributed by atoms with E-state index in [-0.39, 0.29) is 28.8 Å². The Morgan fingerprint density at radius 2 is 1.42 bits per heavy atom. The number of benzene rings is 2. The van der Waals surface area contributed by atoms with E-state index in [2.05, 4.69) is 5.32 Å². The van der Waals surface area contributed by atoms with Crippen LogP contribution in [0.3, 0.4) is 0 Å². The SMILES string of the molecule is CCOc1ccc(S(=O)(=O)N2CCC[C@H](C(=O)NCc3ccc(S(=O)(=O)N4CCCC4)cc3)C2)cc1. The normalized spacial score (nSPS) is 19.8. The molecule has 4 rings (SSSR count). The molecule has 2 aliphatic rings. The largest absolute Gasteiger partial charge is 0.494 e. The van der Waals surface area contributed by atoms with Crippen LogP contribution in [0.2, 0.25) is 0 Å². The number of amides is 1. The lowest BCUT2D eigenvalue weighted by Crippen LogP contribution is -2.45. The summed E-state index contributed by atoms with van der Waals surface area (Å²) in [5.74, 6) is -0.0598. The van der Waals surface area contributed by atoms with E-state index in [1.54, 1.807) is 36.4 Å². The fourth-order valence-electron chi connectivity index (χ4n) is 4.59. The summed E-state index contributed by atoms with van der Waals surface area (Å²) in [6.07, 6.45) is 2.96. The molecule has 1 amide bonds. The average molecular weight is 536 g/mol. The van der Waals surface area contributed by atoms with Gasteiger partial charge in [0.2, 0.25) is 26.0 Å². The van der Waals surface area contributed by atoms with Gasteiger partial charge in [0.1, 0.15) is 5.75 Å². The summed E-state index contributed by atoms with van der Waals surface area (Å²) in [6, 6.07) is 12.9. The van der Waals surface area contributed by atoms with Gasteiger partial charge >= 0.3 is 0 Å². The van der Waals surface area contributed by atoms with Crippen molar-refractivity contribution in [3.8, 4) is 5.75 Å². The minimum atomic E-state index is -3.72. The van der Waals surface area contributed by atoms with Gasteiger partial charge in [-0.2, -0.15) is 8.61 Å². The molecule has 0 spiro atoms. The minimum absolute atomic E-state index is 0.119. The van der Waals surface area contributed by atoms with Gasteiger partial charge in [0.05, 0.1) is 22.3 Å². The van der Waals surface area contributed by atoms with Crippen molar-refractivity contribution < 1.29 is 26.4 Å². The third kappa shape index (κ3) is 5.91. The van der Waals surface area contributed by atoms with Gasteiger partial charge in [0.15, 0.2) is 0 Å². The molecule has 2 aromatic carbocycles. The van der Waals surface area contributed by atoms with Gasteiger partial charge in [-0.25, -0.2) is 16.8 Å². The van der Waals surface area contributed by atoms with Crippen LogP contribution in [0, 0.1) is 5.92 Å². The van der Waals surface area contributed by atoms with E-state index in [0.29, 0.717) is 44.8 Å². The number of ether oxygens (including phenoxy) is 1. The Morgan fingerprint density at radius 3 is 2.03 bits per heavy atom. The highest BCUT2D eigenvalue weighted by Gasteiger charge is 2.33. The average Bonchev–Trinajstić information content (AvgIpc) is 3.44. The lowest BCUT2D eigenvalue weighted by atomic mass is 9.99. The van der Waals surface area contributed by atoms with E-state index in [9.17, 15) is 21.6 Å². The predicted octanol–water partition coefficient (Wildman–Crippen LogP) is 2.59. The Kier molecular flexibility index (Phi) is 8.34. The second kappa shape index (κ2) is 11.3. The van der Waals surface area contributed by atoms with E-state index in [1.165, 1.54) is 20.7 Å². The van der Waals surface area contributed by atoms with Crippen LogP contribution in [0.15, 0.2) is 58.3 Å². The number of carbonyl (C=O) groups is 1. The molecular weight excluding hydrogens is 502 g/mol. The molecule has 0 unspecified atom stereocenters. The van der Waals surface area contributed by atoms with Crippen LogP contribution >= 0.6 is 0 Å². The molecule has 2 saturated heterocycles. The smallest absolute Gasteiger partial charge is 0.243 e. The molecular formula is C25H33N3O6S2. The first-order valence-corrected chi connectivity index (χ1v) is 15.2. The van der Waals surface area contributed by atoms with E-state index in [4.69, 9.17) is 4.74 Å². The van der Waals surface area contributed by atoms with Crippen molar-refractivity contribution in [3.05, 3.63) is 54.1 Å². The summed E-state index contributed by atoms with van der Waals surface area (Å²) in [5, 5.41) is 2.88. The van der Waals surface area contributed by atoms with Crippen LogP contribution in [0.4, 0.5) is 0 Å². The fourth-order valence-corrected chi connectivity index (χ4v) is 7.63. The summed E-state index contributed by atoms with van der Waals surface area (Å²) >= 11 is 0. The third-order valence-electron chi connectivity index (χ3n) is 6.62. The molecule has 1 atom stereocenters. The lowest BCUT2D eigenvalue weighted by Gasteiger charge is -2.31. The Bertz CT molecular complexity index is 1260. The van der Waals surface area contributed by atoms with Crippen molar-refractivity contribution in [3.63, 3.8) is 0 Å². The number of rotatable bonds is 9. The summed E-state index contributed by atoms with van der Waals surface area (Å²) in [6.45, 7) is 4.18. The monoisotopic (exact) mass is 535 g/mol. The Morgan fingerprint density at radius 1 is 0.861 bits per heavy atom. The summed E-state index contributed by atoms with van der Waals surface area (Å²) in [5.41, 5.74) is 0.776. The molecule has 1 N–H and O–H groups in total. The number of piperidine rings is 1. The van der Waals surface area contributed by atoms with Gasteiger partial charge in [0, 0.05) is 32.7 Å². The molecule has 0 aromatic heterocycles. The van der Waals surface area contributed by atoms with Crippen LogP contribution in [-0.2, 0) is 31.4 Å². The standard InChI is InChI=1S/C25H33N3O6S2/c1-2-34-22-9-13-24(14-10-22)36(32,33)28-17-5-6-21(19-28)25(29)26-18-20-7-11-23(12-8-20)35(30,31)27-15-3-4-16-27/h7-14,21H,2-6,15-19H2,1H3,(H,26,29)/t21-/m0/s1. The second-order valence-corrected chi connectivity index (χ2v) is 13.0. The van der Waals surface area contributed by atoms with Gasteiger partial charge in [-0.3, -0.25) is 4.79 Å². The second-order valence-electron chi connectivity index (χ2n) is 9.08. The topological polar surface area (TPSA) is 113 Å². The van der Waals surface area contributed by atoms with Gasteiger partial charge in [-0.1, -0.05) is 12.1 Å². The number of hydrogen-bond donors (Lipinski definition) is 1. The first kappa shape index (κ1) is 26.6. The van der Waals surface area contributed by atoms with Crippen LogP contribution < -0.4 is 10.1 Å². The number of sulfonamides is 2. The fraction of sp³-hybridized carbons (Fsp3) is 0.480. The molecule has 2 aromatic rings. The zero-order valence-electron chi connectivity index (χ0n) is 20.4. The van der Waals surface area contributed by atoms with E-state index in [1.807, 2.05) is 6.92 Å². The van der Waals surface area contributed by atoms with Gasteiger partial charge in [0.25, 0.3) is 0 Å². The highest BCUT2D eigenvalue weighted by Crippen LogP contribution is 2.26. The molecule has 36 heavy (non-hydrogen) atoms. The molecule has 11 heteroatoms. The number of hydrogen-bond acceptors (Lipinski definition) is 6. The number of nitrogens with zero attached hydrogens (tertiary/aromatic N) is 2. The van der Waals surface area contributed by atoms with Crippen molar-refractivity contribution >= 4 is 26.0 Å². The van der Waals surface area contributed by atoms with Gasteiger partial charge in [-0.05, 0) is 74.6 Å². The predicted molar refractivity (Wildman–Crippen MR) is 135 cm³/mol. The zero-order valence-corrected chi connectivity index (χ0v) is 22.1. The maximum absolute atomic E-state index is 13.1. The molecule has 196 valence electrons. The van der Waals surface area contributed by atoms with Gasteiger partial charge < -0.3 is 10.1 Å². The maximum atomic E-state index is 13.1. The van der Waals surface area contributed by atoms with Crippen LogP contribution in [0.1, 0.15) is 38.2 Å². The first-order valence-electron chi connectivity index (χ1n) is 12.3. The maximum Gasteiger partial charge on any atom is 0.243 e. The summed E-state index contributed by atoms with van der Waals surface area (Å²) in [4.78, 5) is 13.3. The zero-order chi connectivity index (χ0) is 25.8. The first-order chi connectivity index (χ1) is 17.2. The van der Waals surface area contributed by atoms with Crippen LogP contribution in [0.5, 0.6) is 5.75 Å². The summed E-state index contributed by atoms with van der Waals surface area (Å²) in [7, 11) is -7.19. The van der Waals surface area contributed by atoms with E-state index >= 15 is 0 Å². The van der Waals surface area contributed by atoms with Crippen molar-refractivity contribution in [1.29, 1.82) is 0 Å².